The first-order valence-electron chi connectivity index (χ1n) is 8.70. The normalized spacial score (nSPS) is 17.0. The van der Waals surface area contributed by atoms with Crippen molar-refractivity contribution < 1.29 is 4.79 Å². The second-order valence-corrected chi connectivity index (χ2v) is 7.34. The van der Waals surface area contributed by atoms with Gasteiger partial charge in [0.2, 0.25) is 5.91 Å². The minimum atomic E-state index is -0.240. The highest BCUT2D eigenvalue weighted by atomic mass is 16.2. The minimum absolute atomic E-state index is 0.0588. The molecule has 1 fully saturated rings. The number of nitrogens with one attached hydrogen (secondary N) is 1. The number of hydrogen-bond acceptors (Lipinski definition) is 3. The van der Waals surface area contributed by atoms with E-state index in [-0.39, 0.29) is 17.4 Å². The summed E-state index contributed by atoms with van der Waals surface area (Å²) in [6, 6.07) is -0.240. The highest BCUT2D eigenvalue weighted by molar-refractivity contribution is 5.80. The molecule has 1 aliphatic rings. The lowest BCUT2D eigenvalue weighted by atomic mass is 10.1. The predicted octanol–water partition coefficient (Wildman–Crippen LogP) is 2.67. The molecule has 130 valence electrons. The van der Waals surface area contributed by atoms with E-state index in [1.54, 1.807) is 6.20 Å². The van der Waals surface area contributed by atoms with Crippen molar-refractivity contribution in [2.45, 2.75) is 59.0 Å². The fourth-order valence-corrected chi connectivity index (χ4v) is 3.15. The molecular formula is C18H27N5O. The second-order valence-electron chi connectivity index (χ2n) is 7.34. The van der Waals surface area contributed by atoms with E-state index in [2.05, 4.69) is 33.7 Å². The summed E-state index contributed by atoms with van der Waals surface area (Å²) in [4.78, 5) is 21.2. The third-order valence-electron chi connectivity index (χ3n) is 5.04. The van der Waals surface area contributed by atoms with Gasteiger partial charge >= 0.3 is 0 Å². The standard InChI is InChI=1S/C18H27N5O/c1-13(2)16-20-8-10-23(16)14(3)17(24)21-11-18(5-6-18)12-22-9-7-19-15(22)4/h7-10,13-14H,5-6,11-12H2,1-4H3,(H,21,24)/t14-/m0/s1. The zero-order chi connectivity index (χ0) is 17.3. The van der Waals surface area contributed by atoms with E-state index in [1.807, 2.05) is 37.0 Å². The monoisotopic (exact) mass is 329 g/mol. The van der Waals surface area contributed by atoms with Crippen LogP contribution in [0.4, 0.5) is 0 Å². The molecule has 24 heavy (non-hydrogen) atoms. The number of carbonyl (C=O) groups excluding carboxylic acids is 1. The molecule has 2 aromatic heterocycles. The molecule has 2 heterocycles. The fourth-order valence-electron chi connectivity index (χ4n) is 3.15. The van der Waals surface area contributed by atoms with Gasteiger partial charge < -0.3 is 14.5 Å². The lowest BCUT2D eigenvalue weighted by Gasteiger charge is -2.21. The molecule has 1 amide bonds. The molecule has 1 aliphatic carbocycles. The average molecular weight is 329 g/mol. The van der Waals surface area contributed by atoms with E-state index in [4.69, 9.17) is 0 Å². The van der Waals surface area contributed by atoms with Gasteiger partial charge in [0.15, 0.2) is 0 Å². The van der Waals surface area contributed by atoms with Gasteiger partial charge in [0.25, 0.3) is 0 Å². The Morgan fingerprint density at radius 2 is 1.96 bits per heavy atom. The van der Waals surface area contributed by atoms with E-state index in [9.17, 15) is 4.79 Å². The van der Waals surface area contributed by atoms with Crippen LogP contribution in [0.5, 0.6) is 0 Å². The molecule has 0 aromatic carbocycles. The first-order chi connectivity index (χ1) is 11.4. The van der Waals surface area contributed by atoms with Crippen molar-refractivity contribution in [3.63, 3.8) is 0 Å². The van der Waals surface area contributed by atoms with Crippen molar-refractivity contribution in [1.29, 1.82) is 0 Å². The molecule has 1 atom stereocenters. The van der Waals surface area contributed by atoms with Gasteiger partial charge in [-0.05, 0) is 26.7 Å². The number of aromatic nitrogens is 4. The van der Waals surface area contributed by atoms with Crippen molar-refractivity contribution in [2.75, 3.05) is 6.54 Å². The maximum atomic E-state index is 12.6. The lowest BCUT2D eigenvalue weighted by Crippen LogP contribution is -2.37. The van der Waals surface area contributed by atoms with Gasteiger partial charge in [-0.3, -0.25) is 4.79 Å². The van der Waals surface area contributed by atoms with Gasteiger partial charge in [-0.15, -0.1) is 0 Å². The Bertz CT molecular complexity index is 711. The van der Waals surface area contributed by atoms with Crippen LogP contribution in [0.2, 0.25) is 0 Å². The molecular weight excluding hydrogens is 302 g/mol. The van der Waals surface area contributed by atoms with E-state index in [0.717, 1.165) is 37.6 Å². The predicted molar refractivity (Wildman–Crippen MR) is 92.7 cm³/mol. The lowest BCUT2D eigenvalue weighted by molar-refractivity contribution is -0.124. The molecule has 0 aliphatic heterocycles. The number of aryl methyl sites for hydroxylation is 1. The number of hydrogen-bond donors (Lipinski definition) is 1. The Balaban J connectivity index is 1.59. The summed E-state index contributed by atoms with van der Waals surface area (Å²) in [6.07, 6.45) is 9.81. The van der Waals surface area contributed by atoms with Crippen molar-refractivity contribution in [3.05, 3.63) is 36.4 Å². The number of carbonyl (C=O) groups is 1. The van der Waals surface area contributed by atoms with Gasteiger partial charge in [-0.1, -0.05) is 13.8 Å². The molecule has 6 nitrogen and oxygen atoms in total. The number of rotatable bonds is 7. The van der Waals surface area contributed by atoms with Crippen LogP contribution in [0.15, 0.2) is 24.8 Å². The third kappa shape index (κ3) is 3.37. The van der Waals surface area contributed by atoms with E-state index in [0.29, 0.717) is 5.92 Å². The molecule has 0 unspecified atom stereocenters. The highest BCUT2D eigenvalue weighted by Gasteiger charge is 2.43. The summed E-state index contributed by atoms with van der Waals surface area (Å²) in [6.45, 7) is 9.78. The van der Waals surface area contributed by atoms with E-state index in [1.165, 1.54) is 0 Å². The molecule has 0 saturated heterocycles. The number of nitrogens with zero attached hydrogens (tertiary/aromatic N) is 4. The van der Waals surface area contributed by atoms with Crippen molar-refractivity contribution in [3.8, 4) is 0 Å². The summed E-state index contributed by atoms with van der Waals surface area (Å²) in [7, 11) is 0. The molecule has 2 aromatic rings. The topological polar surface area (TPSA) is 64.7 Å². The van der Waals surface area contributed by atoms with Gasteiger partial charge in [-0.25, -0.2) is 9.97 Å². The largest absolute Gasteiger partial charge is 0.354 e. The van der Waals surface area contributed by atoms with Crippen LogP contribution in [-0.2, 0) is 11.3 Å². The van der Waals surface area contributed by atoms with E-state index >= 15 is 0 Å². The summed E-state index contributed by atoms with van der Waals surface area (Å²) in [5.74, 6) is 2.34. The van der Waals surface area contributed by atoms with Crippen LogP contribution in [0.1, 0.15) is 57.2 Å². The Kier molecular flexibility index (Phi) is 4.47. The van der Waals surface area contributed by atoms with Crippen LogP contribution in [0.3, 0.4) is 0 Å². The summed E-state index contributed by atoms with van der Waals surface area (Å²) < 4.78 is 4.15. The van der Waals surface area contributed by atoms with Gasteiger partial charge in [0.05, 0.1) is 0 Å². The fraction of sp³-hybridized carbons (Fsp3) is 0.611. The van der Waals surface area contributed by atoms with Crippen molar-refractivity contribution in [1.82, 2.24) is 24.4 Å². The first kappa shape index (κ1) is 16.7. The molecule has 1 saturated carbocycles. The summed E-state index contributed by atoms with van der Waals surface area (Å²) in [5.41, 5.74) is 0.191. The first-order valence-corrected chi connectivity index (χ1v) is 8.70. The van der Waals surface area contributed by atoms with Crippen LogP contribution < -0.4 is 5.32 Å². The second kappa shape index (κ2) is 6.42. The van der Waals surface area contributed by atoms with Crippen molar-refractivity contribution in [2.24, 2.45) is 5.41 Å². The molecule has 1 N–H and O–H groups in total. The van der Waals surface area contributed by atoms with Crippen molar-refractivity contribution >= 4 is 5.91 Å². The minimum Gasteiger partial charge on any atom is -0.354 e. The zero-order valence-electron chi connectivity index (χ0n) is 15.0. The Morgan fingerprint density at radius 3 is 2.54 bits per heavy atom. The summed E-state index contributed by atoms with van der Waals surface area (Å²) >= 11 is 0. The highest BCUT2D eigenvalue weighted by Crippen LogP contribution is 2.46. The average Bonchev–Trinajstić information content (AvgIpc) is 2.95. The maximum Gasteiger partial charge on any atom is 0.242 e. The third-order valence-corrected chi connectivity index (χ3v) is 5.04. The number of imidazole rings is 2. The van der Waals surface area contributed by atoms with Crippen LogP contribution in [0.25, 0.3) is 0 Å². The number of amides is 1. The molecule has 0 bridgehead atoms. The van der Waals surface area contributed by atoms with Crippen LogP contribution >= 0.6 is 0 Å². The zero-order valence-corrected chi connectivity index (χ0v) is 15.0. The van der Waals surface area contributed by atoms with Gasteiger partial charge in [0.1, 0.15) is 17.7 Å². The van der Waals surface area contributed by atoms with Crippen LogP contribution in [-0.4, -0.2) is 31.6 Å². The quantitative estimate of drug-likeness (QED) is 0.849. The Labute approximate surface area is 143 Å². The Morgan fingerprint density at radius 1 is 1.25 bits per heavy atom. The molecule has 3 rings (SSSR count). The van der Waals surface area contributed by atoms with Gasteiger partial charge in [0, 0.05) is 49.2 Å². The SMILES string of the molecule is Cc1nccn1CC1(CNC(=O)[C@H](C)n2ccnc2C(C)C)CC1. The van der Waals surface area contributed by atoms with Gasteiger partial charge in [-0.2, -0.15) is 0 Å². The maximum absolute atomic E-state index is 12.6. The molecule has 6 heteroatoms. The molecule has 0 spiro atoms. The smallest absolute Gasteiger partial charge is 0.242 e. The Hall–Kier alpha value is -2.11. The molecule has 0 radical (unpaired) electrons. The van der Waals surface area contributed by atoms with E-state index < -0.39 is 0 Å². The summed E-state index contributed by atoms with van der Waals surface area (Å²) in [5, 5.41) is 3.15. The van der Waals surface area contributed by atoms with Crippen LogP contribution in [0, 0.1) is 12.3 Å².